The molecule has 3 unspecified atom stereocenters. The molecule has 0 spiro atoms. The van der Waals surface area contributed by atoms with E-state index in [9.17, 15) is 19.5 Å². The number of amides is 2. The van der Waals surface area contributed by atoms with Crippen LogP contribution in [0.5, 0.6) is 0 Å². The van der Waals surface area contributed by atoms with Gasteiger partial charge in [-0.3, -0.25) is 9.59 Å². The Bertz CT molecular complexity index is 618. The van der Waals surface area contributed by atoms with E-state index < -0.39 is 12.2 Å². The van der Waals surface area contributed by atoms with Crippen molar-refractivity contribution in [3.05, 3.63) is 0 Å². The summed E-state index contributed by atoms with van der Waals surface area (Å²) in [5, 5.41) is 20.4. The van der Waals surface area contributed by atoms with E-state index in [0.717, 1.165) is 48.7 Å². The lowest BCUT2D eigenvalue weighted by atomic mass is 10.0. The van der Waals surface area contributed by atoms with Gasteiger partial charge in [0.1, 0.15) is 0 Å². The zero-order valence-electron chi connectivity index (χ0n) is 17.7. The van der Waals surface area contributed by atoms with Gasteiger partial charge in [0.05, 0.1) is 0 Å². The van der Waals surface area contributed by atoms with Gasteiger partial charge in [-0.1, -0.05) is 19.3 Å². The molecule has 2 aliphatic rings. The van der Waals surface area contributed by atoms with Crippen molar-refractivity contribution >= 4 is 35.1 Å². The first-order valence-corrected chi connectivity index (χ1v) is 11.3. The van der Waals surface area contributed by atoms with E-state index in [1.165, 1.54) is 0 Å². The van der Waals surface area contributed by atoms with E-state index in [0.29, 0.717) is 31.5 Å². The van der Waals surface area contributed by atoms with Gasteiger partial charge in [0, 0.05) is 44.3 Å². The molecule has 0 aromatic heterocycles. The van der Waals surface area contributed by atoms with Crippen LogP contribution < -0.4 is 16.0 Å². The first-order valence-electron chi connectivity index (χ1n) is 10.9. The number of nitrogens with zero attached hydrogens (tertiary/aromatic N) is 1. The Kier molecular flexibility index (Phi) is 10.3. The number of unbranched alkanes of at least 4 members (excludes halogenated alkanes) is 4. The molecule has 9 nitrogen and oxygen atoms in total. The lowest BCUT2D eigenvalue weighted by Crippen LogP contribution is -2.35. The van der Waals surface area contributed by atoms with E-state index in [2.05, 4.69) is 22.9 Å². The van der Waals surface area contributed by atoms with Gasteiger partial charge in [-0.25, -0.2) is 4.79 Å². The standard InChI is InChI=1S/C20H34N4O5S/c1-14-15(23-20(30)22-14)8-4-2-5-9-16(25)21-13-7-3-6-10-19(28)29-24-17(26)11-12-18(24)27/h14-15,17,26H,2-13H2,1H3,(H,21,25)(H2,22,23,30). The van der Waals surface area contributed by atoms with Gasteiger partial charge in [0.15, 0.2) is 11.3 Å². The average Bonchev–Trinajstić information content (AvgIpc) is 3.19. The van der Waals surface area contributed by atoms with E-state index in [4.69, 9.17) is 17.1 Å². The van der Waals surface area contributed by atoms with Crippen molar-refractivity contribution in [1.29, 1.82) is 0 Å². The van der Waals surface area contributed by atoms with Gasteiger partial charge >= 0.3 is 5.97 Å². The minimum Gasteiger partial charge on any atom is -0.370 e. The van der Waals surface area contributed by atoms with E-state index in [1.807, 2.05) is 0 Å². The number of hydroxylamine groups is 2. The molecular formula is C20H34N4O5S. The lowest BCUT2D eigenvalue weighted by Gasteiger charge is -2.18. The van der Waals surface area contributed by atoms with Crippen LogP contribution in [0.25, 0.3) is 0 Å². The molecular weight excluding hydrogens is 408 g/mol. The molecule has 0 saturated carbocycles. The second kappa shape index (κ2) is 12.7. The van der Waals surface area contributed by atoms with Gasteiger partial charge in [-0.2, -0.15) is 0 Å². The summed E-state index contributed by atoms with van der Waals surface area (Å²) in [7, 11) is 0. The lowest BCUT2D eigenvalue weighted by molar-refractivity contribution is -0.220. The zero-order chi connectivity index (χ0) is 21.9. The van der Waals surface area contributed by atoms with Crippen LogP contribution in [-0.2, 0) is 19.2 Å². The number of thiocarbonyl (C=S) groups is 1. The SMILES string of the molecule is CC1NC(=S)NC1CCCCCC(=O)NCCCCCC(=O)ON1C(=O)CCC1O. The Hall–Kier alpha value is -1.94. The molecule has 10 heteroatoms. The van der Waals surface area contributed by atoms with Crippen molar-refractivity contribution in [2.75, 3.05) is 6.54 Å². The topological polar surface area (TPSA) is 120 Å². The summed E-state index contributed by atoms with van der Waals surface area (Å²) < 4.78 is 0. The number of hydrogen-bond acceptors (Lipinski definition) is 6. The van der Waals surface area contributed by atoms with Crippen molar-refractivity contribution in [2.24, 2.45) is 0 Å². The fraction of sp³-hybridized carbons (Fsp3) is 0.800. The van der Waals surface area contributed by atoms with Crippen molar-refractivity contribution in [3.63, 3.8) is 0 Å². The van der Waals surface area contributed by atoms with Crippen LogP contribution in [0.15, 0.2) is 0 Å². The molecule has 170 valence electrons. The Balaban J connectivity index is 1.39. The molecule has 4 N–H and O–H groups in total. The van der Waals surface area contributed by atoms with E-state index in [1.54, 1.807) is 0 Å². The first-order chi connectivity index (χ1) is 14.4. The number of rotatable bonds is 13. The van der Waals surface area contributed by atoms with Crippen LogP contribution in [0.2, 0.25) is 0 Å². The predicted molar refractivity (Wildman–Crippen MR) is 115 cm³/mol. The van der Waals surface area contributed by atoms with Gasteiger partial charge in [-0.05, 0) is 44.8 Å². The van der Waals surface area contributed by atoms with Crippen molar-refractivity contribution < 1.29 is 24.3 Å². The number of carbonyl (C=O) groups is 3. The number of aliphatic hydroxyl groups is 1. The highest BCUT2D eigenvalue weighted by atomic mass is 32.1. The maximum Gasteiger partial charge on any atom is 0.332 e. The molecule has 2 rings (SSSR count). The smallest absolute Gasteiger partial charge is 0.332 e. The summed E-state index contributed by atoms with van der Waals surface area (Å²) in [4.78, 5) is 39.9. The predicted octanol–water partition coefficient (Wildman–Crippen LogP) is 1.25. The largest absolute Gasteiger partial charge is 0.370 e. The Morgan fingerprint density at radius 3 is 2.57 bits per heavy atom. The maximum atomic E-state index is 11.9. The number of carbonyl (C=O) groups excluding carboxylic acids is 3. The highest BCUT2D eigenvalue weighted by Crippen LogP contribution is 2.17. The second-order valence-electron chi connectivity index (χ2n) is 7.98. The Morgan fingerprint density at radius 2 is 1.90 bits per heavy atom. The third-order valence-electron chi connectivity index (χ3n) is 5.41. The van der Waals surface area contributed by atoms with Crippen LogP contribution in [0.4, 0.5) is 0 Å². The molecule has 0 aliphatic carbocycles. The Morgan fingerprint density at radius 1 is 1.17 bits per heavy atom. The summed E-state index contributed by atoms with van der Waals surface area (Å²) in [6.45, 7) is 2.70. The highest BCUT2D eigenvalue weighted by Gasteiger charge is 2.32. The summed E-state index contributed by atoms with van der Waals surface area (Å²) >= 11 is 5.10. The molecule has 2 amide bonds. The molecule has 0 aromatic carbocycles. The van der Waals surface area contributed by atoms with Crippen molar-refractivity contribution in [1.82, 2.24) is 21.0 Å². The summed E-state index contributed by atoms with van der Waals surface area (Å²) in [5.41, 5.74) is 0. The number of aliphatic hydroxyl groups excluding tert-OH is 1. The van der Waals surface area contributed by atoms with Gasteiger partial charge in [-0.15, -0.1) is 5.06 Å². The maximum absolute atomic E-state index is 11.9. The molecule has 0 bridgehead atoms. The number of nitrogens with one attached hydrogen (secondary N) is 3. The van der Waals surface area contributed by atoms with Crippen molar-refractivity contribution in [3.8, 4) is 0 Å². The molecule has 2 fully saturated rings. The first kappa shape index (κ1) is 24.3. The highest BCUT2D eigenvalue weighted by molar-refractivity contribution is 7.80. The minimum absolute atomic E-state index is 0.0612. The normalized spacial score (nSPS) is 23.3. The molecule has 3 atom stereocenters. The van der Waals surface area contributed by atoms with Crippen LogP contribution in [0, 0.1) is 0 Å². The molecule has 0 radical (unpaired) electrons. The molecule has 2 aliphatic heterocycles. The fourth-order valence-corrected chi connectivity index (χ4v) is 3.93. The minimum atomic E-state index is -1.03. The third kappa shape index (κ3) is 8.43. The van der Waals surface area contributed by atoms with E-state index >= 15 is 0 Å². The fourth-order valence-electron chi connectivity index (χ4n) is 3.59. The van der Waals surface area contributed by atoms with Gasteiger partial charge < -0.3 is 25.9 Å². The molecule has 2 saturated heterocycles. The Labute approximate surface area is 183 Å². The van der Waals surface area contributed by atoms with Crippen LogP contribution in [0.1, 0.15) is 77.6 Å². The third-order valence-corrected chi connectivity index (χ3v) is 5.65. The second-order valence-corrected chi connectivity index (χ2v) is 8.38. The van der Waals surface area contributed by atoms with Crippen LogP contribution >= 0.6 is 12.2 Å². The quantitative estimate of drug-likeness (QED) is 0.248. The summed E-state index contributed by atoms with van der Waals surface area (Å²) in [6, 6.07) is 0.737. The van der Waals surface area contributed by atoms with Crippen molar-refractivity contribution in [2.45, 2.75) is 95.9 Å². The van der Waals surface area contributed by atoms with E-state index in [-0.39, 0.29) is 31.1 Å². The van der Waals surface area contributed by atoms with Gasteiger partial charge in [0.2, 0.25) is 5.91 Å². The number of hydrogen-bond donors (Lipinski definition) is 4. The summed E-state index contributed by atoms with van der Waals surface area (Å²) in [6.07, 6.45) is 6.32. The molecule has 2 heterocycles. The monoisotopic (exact) mass is 442 g/mol. The average molecular weight is 443 g/mol. The van der Waals surface area contributed by atoms with Gasteiger partial charge in [0.25, 0.3) is 5.91 Å². The molecule has 0 aromatic rings. The van der Waals surface area contributed by atoms with Crippen LogP contribution in [0.3, 0.4) is 0 Å². The summed E-state index contributed by atoms with van der Waals surface area (Å²) in [5.74, 6) is -0.830. The zero-order valence-corrected chi connectivity index (χ0v) is 18.5. The molecule has 30 heavy (non-hydrogen) atoms. The van der Waals surface area contributed by atoms with Crippen LogP contribution in [-0.4, -0.2) is 57.9 Å².